The maximum absolute atomic E-state index is 12.6. The molecule has 14 heavy (non-hydrogen) atoms. The van der Waals surface area contributed by atoms with E-state index in [1.165, 1.54) is 0 Å². The Hall–Kier alpha value is -0.780. The van der Waals surface area contributed by atoms with Crippen LogP contribution in [0.15, 0.2) is 12.1 Å². The lowest BCUT2D eigenvalue weighted by Gasteiger charge is -2.09. The zero-order valence-corrected chi connectivity index (χ0v) is 8.32. The second-order valence-corrected chi connectivity index (χ2v) is 2.95. The van der Waals surface area contributed by atoms with Crippen LogP contribution in [-0.2, 0) is 5.33 Å². The fraction of sp³-hybridized carbons (Fsp3) is 0.250. The third kappa shape index (κ3) is 2.60. The van der Waals surface area contributed by atoms with Crippen molar-refractivity contribution < 1.29 is 22.3 Å². The van der Waals surface area contributed by atoms with Gasteiger partial charge in [0.2, 0.25) is 0 Å². The van der Waals surface area contributed by atoms with Gasteiger partial charge in [0.15, 0.2) is 11.6 Å². The molecule has 1 nitrogen and oxygen atoms in total. The van der Waals surface area contributed by atoms with Crippen LogP contribution >= 0.6 is 15.9 Å². The summed E-state index contributed by atoms with van der Waals surface area (Å²) >= 11 is 2.94. The summed E-state index contributed by atoms with van der Waals surface area (Å²) in [4.78, 5) is 0. The summed E-state index contributed by atoms with van der Waals surface area (Å²) in [6.07, 6.45) is 0. The topological polar surface area (TPSA) is 9.23 Å². The smallest absolute Gasteiger partial charge is 0.387 e. The molecule has 1 aromatic carbocycles. The summed E-state index contributed by atoms with van der Waals surface area (Å²) < 4.78 is 52.9. The normalized spacial score (nSPS) is 10.7. The summed E-state index contributed by atoms with van der Waals surface area (Å²) in [5.41, 5.74) is 0.129. The van der Waals surface area contributed by atoms with Gasteiger partial charge >= 0.3 is 6.61 Å². The van der Waals surface area contributed by atoms with E-state index in [9.17, 15) is 17.6 Å². The Balaban J connectivity index is 3.07. The maximum atomic E-state index is 12.6. The van der Waals surface area contributed by atoms with Crippen molar-refractivity contribution in [2.75, 3.05) is 0 Å². The minimum absolute atomic E-state index is 0.103. The van der Waals surface area contributed by atoms with Gasteiger partial charge in [-0.2, -0.15) is 8.78 Å². The quantitative estimate of drug-likeness (QED) is 0.605. The Kier molecular flexibility index (Phi) is 3.74. The molecular weight excluding hydrogens is 268 g/mol. The number of ether oxygens (including phenoxy) is 1. The first-order chi connectivity index (χ1) is 6.54. The van der Waals surface area contributed by atoms with Gasteiger partial charge in [-0.05, 0) is 6.07 Å². The number of halogens is 5. The average Bonchev–Trinajstić information content (AvgIpc) is 2.10. The van der Waals surface area contributed by atoms with Crippen LogP contribution in [0.4, 0.5) is 17.6 Å². The Morgan fingerprint density at radius 1 is 1.21 bits per heavy atom. The largest absolute Gasteiger partial charge is 0.434 e. The molecule has 1 rings (SSSR count). The Morgan fingerprint density at radius 2 is 1.79 bits per heavy atom. The van der Waals surface area contributed by atoms with Crippen molar-refractivity contribution in [3.05, 3.63) is 29.3 Å². The molecule has 0 aromatic heterocycles. The van der Waals surface area contributed by atoms with Gasteiger partial charge in [-0.25, -0.2) is 8.78 Å². The van der Waals surface area contributed by atoms with E-state index in [0.29, 0.717) is 6.07 Å². The molecule has 1 aromatic rings. The molecule has 0 heterocycles. The summed E-state index contributed by atoms with van der Waals surface area (Å²) in [7, 11) is 0. The van der Waals surface area contributed by atoms with Crippen LogP contribution in [0, 0.1) is 11.6 Å². The Labute approximate surface area is 85.8 Å². The minimum atomic E-state index is -3.06. The monoisotopic (exact) mass is 272 g/mol. The lowest BCUT2D eigenvalue weighted by Crippen LogP contribution is -2.05. The molecule has 6 heteroatoms. The predicted molar refractivity (Wildman–Crippen MR) is 45.6 cm³/mol. The first kappa shape index (κ1) is 11.3. The number of alkyl halides is 3. The van der Waals surface area contributed by atoms with Crippen molar-refractivity contribution in [1.29, 1.82) is 0 Å². The molecule has 0 saturated heterocycles. The van der Waals surface area contributed by atoms with Crippen LogP contribution < -0.4 is 4.74 Å². The van der Waals surface area contributed by atoms with Crippen molar-refractivity contribution >= 4 is 15.9 Å². The zero-order chi connectivity index (χ0) is 10.7. The highest BCUT2D eigenvalue weighted by Crippen LogP contribution is 2.25. The molecule has 0 bridgehead atoms. The van der Waals surface area contributed by atoms with E-state index in [-0.39, 0.29) is 16.6 Å². The third-order valence-electron chi connectivity index (χ3n) is 1.46. The van der Waals surface area contributed by atoms with E-state index >= 15 is 0 Å². The van der Waals surface area contributed by atoms with Gasteiger partial charge in [0, 0.05) is 17.0 Å². The van der Waals surface area contributed by atoms with E-state index in [0.717, 1.165) is 6.07 Å². The molecule has 0 aliphatic heterocycles. The molecule has 0 aliphatic rings. The van der Waals surface area contributed by atoms with Crippen molar-refractivity contribution in [3.63, 3.8) is 0 Å². The Bertz CT molecular complexity index is 329. The Morgan fingerprint density at radius 3 is 2.29 bits per heavy atom. The number of hydrogen-bond donors (Lipinski definition) is 0. The van der Waals surface area contributed by atoms with Crippen molar-refractivity contribution in [2.24, 2.45) is 0 Å². The predicted octanol–water partition coefficient (Wildman–Crippen LogP) is 3.46. The lowest BCUT2D eigenvalue weighted by atomic mass is 10.2. The first-order valence-electron chi connectivity index (χ1n) is 3.53. The van der Waals surface area contributed by atoms with E-state index in [4.69, 9.17) is 0 Å². The van der Waals surface area contributed by atoms with Gasteiger partial charge in [0.25, 0.3) is 0 Å². The highest BCUT2D eigenvalue weighted by molar-refractivity contribution is 9.08. The highest BCUT2D eigenvalue weighted by atomic mass is 79.9. The molecule has 78 valence electrons. The van der Waals surface area contributed by atoms with E-state index in [1.807, 2.05) is 0 Å². The molecule has 0 saturated carbocycles. The van der Waals surface area contributed by atoms with Gasteiger partial charge < -0.3 is 4.74 Å². The van der Waals surface area contributed by atoms with Gasteiger partial charge in [0.1, 0.15) is 5.75 Å². The summed E-state index contributed by atoms with van der Waals surface area (Å²) in [6.45, 7) is -3.06. The van der Waals surface area contributed by atoms with Crippen molar-refractivity contribution in [1.82, 2.24) is 0 Å². The standard InChI is InChI=1S/C8H5BrF4O/c9-3-4-1-5(10)6(11)2-7(4)14-8(12)13/h1-2,8H,3H2. The van der Waals surface area contributed by atoms with Crippen molar-refractivity contribution in [3.8, 4) is 5.75 Å². The maximum Gasteiger partial charge on any atom is 0.387 e. The number of rotatable bonds is 3. The highest BCUT2D eigenvalue weighted by Gasteiger charge is 2.13. The summed E-state index contributed by atoms with van der Waals surface area (Å²) in [5, 5.41) is 0.103. The first-order valence-corrected chi connectivity index (χ1v) is 4.65. The number of hydrogen-bond acceptors (Lipinski definition) is 1. The SMILES string of the molecule is Fc1cc(CBr)c(OC(F)F)cc1F. The van der Waals surface area contributed by atoms with Crippen LogP contribution in [0.5, 0.6) is 5.75 Å². The average molecular weight is 273 g/mol. The van der Waals surface area contributed by atoms with E-state index in [2.05, 4.69) is 20.7 Å². The molecule has 0 fully saturated rings. The summed E-state index contributed by atoms with van der Waals surface area (Å²) in [5.74, 6) is -2.68. The van der Waals surface area contributed by atoms with Crippen molar-refractivity contribution in [2.45, 2.75) is 11.9 Å². The van der Waals surface area contributed by atoms with E-state index < -0.39 is 18.2 Å². The van der Waals surface area contributed by atoms with Gasteiger partial charge in [-0.3, -0.25) is 0 Å². The molecule has 0 atom stereocenters. The third-order valence-corrected chi connectivity index (χ3v) is 2.07. The molecule has 0 aliphatic carbocycles. The fourth-order valence-corrected chi connectivity index (χ4v) is 1.32. The molecule has 0 amide bonds. The second-order valence-electron chi connectivity index (χ2n) is 2.39. The number of benzene rings is 1. The van der Waals surface area contributed by atoms with E-state index in [1.54, 1.807) is 0 Å². The molecule has 0 radical (unpaired) electrons. The van der Waals surface area contributed by atoms with Crippen LogP contribution in [-0.4, -0.2) is 6.61 Å². The van der Waals surface area contributed by atoms with Gasteiger partial charge in [0.05, 0.1) is 0 Å². The van der Waals surface area contributed by atoms with Gasteiger partial charge in [-0.15, -0.1) is 0 Å². The molecular formula is C8H5BrF4O. The minimum Gasteiger partial charge on any atom is -0.434 e. The molecule has 0 spiro atoms. The van der Waals surface area contributed by atoms with Crippen LogP contribution in [0.2, 0.25) is 0 Å². The lowest BCUT2D eigenvalue weighted by molar-refractivity contribution is -0.0505. The van der Waals surface area contributed by atoms with Crippen LogP contribution in [0.1, 0.15) is 5.56 Å². The molecule has 0 unspecified atom stereocenters. The second kappa shape index (κ2) is 4.63. The van der Waals surface area contributed by atoms with Crippen LogP contribution in [0.3, 0.4) is 0 Å². The van der Waals surface area contributed by atoms with Gasteiger partial charge in [-0.1, -0.05) is 15.9 Å². The zero-order valence-electron chi connectivity index (χ0n) is 6.74. The van der Waals surface area contributed by atoms with Crippen LogP contribution in [0.25, 0.3) is 0 Å². The fourth-order valence-electron chi connectivity index (χ4n) is 0.880. The summed E-state index contributed by atoms with van der Waals surface area (Å²) in [6, 6.07) is 1.40. The molecule has 0 N–H and O–H groups in total.